The van der Waals surface area contributed by atoms with Gasteiger partial charge in [-0.2, -0.15) is 0 Å². The minimum absolute atomic E-state index is 0.159. The van der Waals surface area contributed by atoms with Crippen molar-refractivity contribution in [2.75, 3.05) is 0 Å². The third-order valence-electron chi connectivity index (χ3n) is 2.23. The SMILES string of the molecule is O=C(c1cccnc1Cl)C(Cl)c1cccnc1. The fourth-order valence-electron chi connectivity index (χ4n) is 1.38. The van der Waals surface area contributed by atoms with Gasteiger partial charge >= 0.3 is 0 Å². The Bertz CT molecular complexity index is 531. The summed E-state index contributed by atoms with van der Waals surface area (Å²) in [5, 5.41) is -0.641. The molecule has 5 heteroatoms. The van der Waals surface area contributed by atoms with E-state index >= 15 is 0 Å². The average molecular weight is 267 g/mol. The molecular weight excluding hydrogens is 259 g/mol. The number of carbonyl (C=O) groups is 1. The van der Waals surface area contributed by atoms with Gasteiger partial charge in [-0.3, -0.25) is 9.78 Å². The van der Waals surface area contributed by atoms with Gasteiger partial charge in [0, 0.05) is 18.6 Å². The van der Waals surface area contributed by atoms with Crippen LogP contribution >= 0.6 is 23.2 Å². The Hall–Kier alpha value is -1.45. The zero-order valence-corrected chi connectivity index (χ0v) is 10.2. The number of aromatic nitrogens is 2. The second-order valence-electron chi connectivity index (χ2n) is 3.35. The molecule has 0 aromatic carbocycles. The lowest BCUT2D eigenvalue weighted by atomic mass is 10.1. The van der Waals surface area contributed by atoms with Crippen LogP contribution in [0.15, 0.2) is 42.9 Å². The first-order valence-corrected chi connectivity index (χ1v) is 5.70. The van der Waals surface area contributed by atoms with Gasteiger partial charge in [0.25, 0.3) is 0 Å². The van der Waals surface area contributed by atoms with Crippen LogP contribution in [-0.4, -0.2) is 15.8 Å². The molecule has 1 atom stereocenters. The van der Waals surface area contributed by atoms with E-state index in [0.29, 0.717) is 11.1 Å². The number of carbonyl (C=O) groups excluding carboxylic acids is 1. The van der Waals surface area contributed by atoms with E-state index in [1.54, 1.807) is 36.7 Å². The molecule has 2 aromatic rings. The van der Waals surface area contributed by atoms with Crippen LogP contribution in [0.3, 0.4) is 0 Å². The maximum absolute atomic E-state index is 12.1. The number of rotatable bonds is 3. The fraction of sp³-hybridized carbons (Fsp3) is 0.0833. The van der Waals surface area contributed by atoms with Gasteiger partial charge in [0.1, 0.15) is 10.5 Å². The molecule has 0 saturated heterocycles. The van der Waals surface area contributed by atoms with Gasteiger partial charge in [0.2, 0.25) is 0 Å². The number of Topliss-reactive ketones (excluding diaryl/α,β-unsaturated/α-hetero) is 1. The molecule has 0 amide bonds. The summed E-state index contributed by atoms with van der Waals surface area (Å²) in [5.41, 5.74) is 0.956. The van der Waals surface area contributed by atoms with Crippen molar-refractivity contribution in [2.24, 2.45) is 0 Å². The van der Waals surface area contributed by atoms with Crippen LogP contribution in [0.4, 0.5) is 0 Å². The summed E-state index contributed by atoms with van der Waals surface area (Å²) >= 11 is 11.9. The molecule has 1 unspecified atom stereocenters. The predicted octanol–water partition coefficient (Wildman–Crippen LogP) is 3.29. The Kier molecular flexibility index (Phi) is 3.71. The van der Waals surface area contributed by atoms with E-state index in [1.807, 2.05) is 0 Å². The molecule has 0 bridgehead atoms. The summed E-state index contributed by atoms with van der Waals surface area (Å²) in [5.74, 6) is -0.280. The fourth-order valence-corrected chi connectivity index (χ4v) is 1.84. The quantitative estimate of drug-likeness (QED) is 0.487. The van der Waals surface area contributed by atoms with Gasteiger partial charge < -0.3 is 0 Å². The van der Waals surface area contributed by atoms with E-state index in [1.165, 1.54) is 6.20 Å². The number of pyridine rings is 2. The van der Waals surface area contributed by atoms with Gasteiger partial charge in [-0.15, -0.1) is 11.6 Å². The van der Waals surface area contributed by atoms with Crippen LogP contribution in [0, 0.1) is 0 Å². The highest BCUT2D eigenvalue weighted by Crippen LogP contribution is 2.26. The zero-order valence-electron chi connectivity index (χ0n) is 8.68. The highest BCUT2D eigenvalue weighted by molar-refractivity contribution is 6.38. The molecule has 2 rings (SSSR count). The molecule has 86 valence electrons. The molecule has 0 radical (unpaired) electrons. The van der Waals surface area contributed by atoms with Crippen LogP contribution in [0.2, 0.25) is 5.15 Å². The third-order valence-corrected chi connectivity index (χ3v) is 2.98. The van der Waals surface area contributed by atoms with E-state index < -0.39 is 5.38 Å². The minimum Gasteiger partial charge on any atom is -0.292 e. The van der Waals surface area contributed by atoms with Crippen molar-refractivity contribution in [2.45, 2.75) is 5.38 Å². The van der Waals surface area contributed by atoms with E-state index in [2.05, 4.69) is 9.97 Å². The number of hydrogen-bond acceptors (Lipinski definition) is 3. The molecule has 0 aliphatic heterocycles. The molecule has 2 aromatic heterocycles. The highest BCUT2D eigenvalue weighted by atomic mass is 35.5. The van der Waals surface area contributed by atoms with Gasteiger partial charge in [0.15, 0.2) is 5.78 Å². The molecule has 17 heavy (non-hydrogen) atoms. The molecule has 0 spiro atoms. The first-order chi connectivity index (χ1) is 8.20. The van der Waals surface area contributed by atoms with Crippen molar-refractivity contribution in [3.05, 3.63) is 59.1 Å². The lowest BCUT2D eigenvalue weighted by molar-refractivity contribution is 0.0987. The predicted molar refractivity (Wildman–Crippen MR) is 66.4 cm³/mol. The number of hydrogen-bond donors (Lipinski definition) is 0. The maximum Gasteiger partial charge on any atom is 0.188 e. The van der Waals surface area contributed by atoms with Gasteiger partial charge in [-0.05, 0) is 23.8 Å². The Labute approximate surface area is 108 Å². The van der Waals surface area contributed by atoms with Crippen LogP contribution < -0.4 is 0 Å². The topological polar surface area (TPSA) is 42.9 Å². The number of alkyl halides is 1. The summed E-state index contributed by atoms with van der Waals surface area (Å²) in [6, 6.07) is 6.71. The Morgan fingerprint density at radius 3 is 2.65 bits per heavy atom. The van der Waals surface area contributed by atoms with Crippen molar-refractivity contribution >= 4 is 29.0 Å². The average Bonchev–Trinajstić information content (AvgIpc) is 2.39. The van der Waals surface area contributed by atoms with E-state index in [0.717, 1.165) is 0 Å². The third kappa shape index (κ3) is 2.62. The van der Waals surface area contributed by atoms with Crippen LogP contribution in [0.1, 0.15) is 21.3 Å². The molecular formula is C12H8Cl2N2O. The van der Waals surface area contributed by atoms with Crippen LogP contribution in [0.5, 0.6) is 0 Å². The van der Waals surface area contributed by atoms with Crippen LogP contribution in [-0.2, 0) is 0 Å². The second kappa shape index (κ2) is 5.25. The van der Waals surface area contributed by atoms with Crippen molar-refractivity contribution < 1.29 is 4.79 Å². The van der Waals surface area contributed by atoms with Crippen molar-refractivity contribution in [3.63, 3.8) is 0 Å². The molecule has 3 nitrogen and oxygen atoms in total. The summed E-state index contributed by atoms with van der Waals surface area (Å²) < 4.78 is 0. The smallest absolute Gasteiger partial charge is 0.188 e. The largest absolute Gasteiger partial charge is 0.292 e. The highest BCUT2D eigenvalue weighted by Gasteiger charge is 2.21. The molecule has 0 aliphatic carbocycles. The number of ketones is 1. The lowest BCUT2D eigenvalue weighted by Gasteiger charge is -2.08. The van der Waals surface area contributed by atoms with Crippen molar-refractivity contribution in [1.29, 1.82) is 0 Å². The second-order valence-corrected chi connectivity index (χ2v) is 4.15. The molecule has 2 heterocycles. The Balaban J connectivity index is 2.30. The van der Waals surface area contributed by atoms with Gasteiger partial charge in [-0.1, -0.05) is 17.7 Å². The maximum atomic E-state index is 12.1. The summed E-state index contributed by atoms with van der Waals surface area (Å²) in [6.45, 7) is 0. The molecule has 0 aliphatic rings. The monoisotopic (exact) mass is 266 g/mol. The Morgan fingerprint density at radius 1 is 1.24 bits per heavy atom. The summed E-state index contributed by atoms with van der Waals surface area (Å²) in [6.07, 6.45) is 4.70. The molecule has 0 fully saturated rings. The first-order valence-electron chi connectivity index (χ1n) is 4.89. The standard InChI is InChI=1S/C12H8Cl2N2O/c13-10(8-3-1-5-15-7-8)11(17)9-4-2-6-16-12(9)14/h1-7,10H. The molecule has 0 saturated carbocycles. The van der Waals surface area contributed by atoms with E-state index in [4.69, 9.17) is 23.2 Å². The van der Waals surface area contributed by atoms with Gasteiger partial charge in [-0.25, -0.2) is 4.98 Å². The van der Waals surface area contributed by atoms with Gasteiger partial charge in [0.05, 0.1) is 5.56 Å². The molecule has 0 N–H and O–H groups in total. The number of nitrogens with zero attached hydrogens (tertiary/aromatic N) is 2. The van der Waals surface area contributed by atoms with E-state index in [9.17, 15) is 4.79 Å². The summed E-state index contributed by atoms with van der Waals surface area (Å²) in [7, 11) is 0. The number of halogens is 2. The minimum atomic E-state index is -0.801. The lowest BCUT2D eigenvalue weighted by Crippen LogP contribution is -2.08. The van der Waals surface area contributed by atoms with Crippen molar-refractivity contribution in [1.82, 2.24) is 9.97 Å². The first kappa shape index (κ1) is 12.0. The summed E-state index contributed by atoms with van der Waals surface area (Å²) in [4.78, 5) is 19.8. The van der Waals surface area contributed by atoms with Crippen LogP contribution in [0.25, 0.3) is 0 Å². The van der Waals surface area contributed by atoms with E-state index in [-0.39, 0.29) is 10.9 Å². The zero-order chi connectivity index (χ0) is 12.3. The normalized spacial score (nSPS) is 12.1. The Morgan fingerprint density at radius 2 is 2.00 bits per heavy atom. The van der Waals surface area contributed by atoms with Crippen molar-refractivity contribution in [3.8, 4) is 0 Å².